The summed E-state index contributed by atoms with van der Waals surface area (Å²) in [4.78, 5) is 2.28. The molecule has 0 heterocycles. The molecule has 3 unspecified atom stereocenters. The van der Waals surface area contributed by atoms with E-state index in [0.29, 0.717) is 11.8 Å². The number of rotatable bonds is 6. The van der Waals surface area contributed by atoms with Gasteiger partial charge in [0.05, 0.1) is 5.60 Å². The number of nitrogens with zero attached hydrogens (tertiary/aromatic N) is 1. The molecule has 2 fully saturated rings. The predicted octanol–water partition coefficient (Wildman–Crippen LogP) is 4.91. The van der Waals surface area contributed by atoms with Gasteiger partial charge in [-0.15, -0.1) is 0 Å². The third-order valence-electron chi connectivity index (χ3n) is 6.77. The van der Waals surface area contributed by atoms with Crippen LogP contribution in [-0.4, -0.2) is 36.2 Å². The Morgan fingerprint density at radius 1 is 0.920 bits per heavy atom. The first-order valence-corrected chi connectivity index (χ1v) is 10.5. The lowest BCUT2D eigenvalue weighted by Crippen LogP contribution is -2.53. The standard InChI is InChI=1S/C23H37NO/c1-24(2)18-22-15-9-14-21(16-19-10-5-3-6-11-19)23(22,25)17-20-12-7-4-8-13-20/h3,5-6,10-11,20-22,25H,4,7-9,12-18H2,1-2H3. The van der Waals surface area contributed by atoms with Gasteiger partial charge in [0, 0.05) is 12.5 Å². The Balaban J connectivity index is 1.79. The molecule has 1 N–H and O–H groups in total. The lowest BCUT2D eigenvalue weighted by molar-refractivity contribution is -0.117. The van der Waals surface area contributed by atoms with Crippen molar-refractivity contribution in [3.63, 3.8) is 0 Å². The van der Waals surface area contributed by atoms with E-state index in [0.717, 1.165) is 25.3 Å². The molecule has 0 radical (unpaired) electrons. The topological polar surface area (TPSA) is 23.5 Å². The fourth-order valence-electron chi connectivity index (χ4n) is 5.50. The molecular weight excluding hydrogens is 306 g/mol. The molecule has 0 spiro atoms. The summed E-state index contributed by atoms with van der Waals surface area (Å²) in [6, 6.07) is 10.8. The van der Waals surface area contributed by atoms with Crippen molar-refractivity contribution in [2.75, 3.05) is 20.6 Å². The Morgan fingerprint density at radius 2 is 1.60 bits per heavy atom. The highest BCUT2D eigenvalue weighted by Crippen LogP contribution is 2.46. The van der Waals surface area contributed by atoms with Crippen LogP contribution in [-0.2, 0) is 6.42 Å². The minimum absolute atomic E-state index is 0.413. The fraction of sp³-hybridized carbons (Fsp3) is 0.739. The molecule has 2 saturated carbocycles. The van der Waals surface area contributed by atoms with E-state index in [1.807, 2.05) is 0 Å². The van der Waals surface area contributed by atoms with Crippen LogP contribution in [0.25, 0.3) is 0 Å². The normalized spacial score (nSPS) is 31.4. The van der Waals surface area contributed by atoms with E-state index in [4.69, 9.17) is 0 Å². The van der Waals surface area contributed by atoms with Gasteiger partial charge >= 0.3 is 0 Å². The van der Waals surface area contributed by atoms with E-state index >= 15 is 0 Å². The molecule has 0 aromatic heterocycles. The zero-order chi connectivity index (χ0) is 17.7. The third kappa shape index (κ3) is 4.86. The molecule has 0 bridgehead atoms. The average Bonchev–Trinajstić information content (AvgIpc) is 2.60. The van der Waals surface area contributed by atoms with E-state index in [9.17, 15) is 5.11 Å². The van der Waals surface area contributed by atoms with E-state index in [1.54, 1.807) is 0 Å². The van der Waals surface area contributed by atoms with E-state index < -0.39 is 5.60 Å². The molecule has 2 aliphatic rings. The Labute approximate surface area is 154 Å². The number of aliphatic hydroxyl groups is 1. The molecule has 3 atom stereocenters. The first kappa shape index (κ1) is 18.9. The van der Waals surface area contributed by atoms with Gasteiger partial charge in [0.15, 0.2) is 0 Å². The zero-order valence-electron chi connectivity index (χ0n) is 16.3. The van der Waals surface area contributed by atoms with Crippen molar-refractivity contribution in [1.29, 1.82) is 0 Å². The summed E-state index contributed by atoms with van der Waals surface area (Å²) in [5.41, 5.74) is 0.903. The van der Waals surface area contributed by atoms with Gasteiger partial charge in [-0.2, -0.15) is 0 Å². The van der Waals surface area contributed by atoms with Crippen molar-refractivity contribution in [3.05, 3.63) is 35.9 Å². The Bertz CT molecular complexity index is 508. The number of hydrogen-bond donors (Lipinski definition) is 1. The van der Waals surface area contributed by atoms with Crippen molar-refractivity contribution < 1.29 is 5.11 Å². The first-order chi connectivity index (χ1) is 12.1. The molecule has 0 amide bonds. The maximum absolute atomic E-state index is 12.0. The minimum atomic E-state index is -0.486. The first-order valence-electron chi connectivity index (χ1n) is 10.5. The summed E-state index contributed by atoms with van der Waals surface area (Å²) in [6.45, 7) is 1.02. The second-order valence-corrected chi connectivity index (χ2v) is 8.98. The van der Waals surface area contributed by atoms with Crippen LogP contribution < -0.4 is 0 Å². The third-order valence-corrected chi connectivity index (χ3v) is 6.77. The maximum Gasteiger partial charge on any atom is 0.0721 e. The van der Waals surface area contributed by atoms with Gasteiger partial charge in [-0.25, -0.2) is 0 Å². The SMILES string of the molecule is CN(C)CC1CCCC(Cc2ccccc2)C1(O)CC1CCCCC1. The molecule has 1 aromatic carbocycles. The molecule has 140 valence electrons. The molecule has 2 heteroatoms. The van der Waals surface area contributed by atoms with Crippen LogP contribution in [0.4, 0.5) is 0 Å². The fourth-order valence-corrected chi connectivity index (χ4v) is 5.50. The maximum atomic E-state index is 12.0. The van der Waals surface area contributed by atoms with Gasteiger partial charge in [-0.1, -0.05) is 68.9 Å². The van der Waals surface area contributed by atoms with Gasteiger partial charge in [0.25, 0.3) is 0 Å². The van der Waals surface area contributed by atoms with E-state index in [-0.39, 0.29) is 0 Å². The molecular formula is C23H37NO. The number of benzene rings is 1. The quantitative estimate of drug-likeness (QED) is 0.793. The van der Waals surface area contributed by atoms with Gasteiger partial charge in [-0.05, 0) is 57.2 Å². The van der Waals surface area contributed by atoms with Crippen LogP contribution in [0.1, 0.15) is 63.4 Å². The summed E-state index contributed by atoms with van der Waals surface area (Å²) < 4.78 is 0. The summed E-state index contributed by atoms with van der Waals surface area (Å²) >= 11 is 0. The molecule has 25 heavy (non-hydrogen) atoms. The van der Waals surface area contributed by atoms with Crippen LogP contribution in [0.2, 0.25) is 0 Å². The molecule has 1 aromatic rings. The number of hydrogen-bond acceptors (Lipinski definition) is 2. The van der Waals surface area contributed by atoms with Crippen LogP contribution in [0.3, 0.4) is 0 Å². The molecule has 2 aliphatic carbocycles. The van der Waals surface area contributed by atoms with Gasteiger partial charge in [0.1, 0.15) is 0 Å². The Hall–Kier alpha value is -0.860. The zero-order valence-corrected chi connectivity index (χ0v) is 16.3. The molecule has 0 aliphatic heterocycles. The summed E-state index contributed by atoms with van der Waals surface area (Å²) in [7, 11) is 4.31. The lowest BCUT2D eigenvalue weighted by atomic mass is 9.62. The van der Waals surface area contributed by atoms with Crippen LogP contribution in [0.15, 0.2) is 30.3 Å². The predicted molar refractivity (Wildman–Crippen MR) is 106 cm³/mol. The van der Waals surface area contributed by atoms with Crippen LogP contribution in [0, 0.1) is 17.8 Å². The van der Waals surface area contributed by atoms with Gasteiger partial charge in [-0.3, -0.25) is 0 Å². The van der Waals surface area contributed by atoms with Crippen molar-refractivity contribution in [2.45, 2.75) is 69.8 Å². The Morgan fingerprint density at radius 3 is 2.28 bits per heavy atom. The molecule has 2 nitrogen and oxygen atoms in total. The van der Waals surface area contributed by atoms with Crippen molar-refractivity contribution >= 4 is 0 Å². The van der Waals surface area contributed by atoms with Crippen molar-refractivity contribution in [3.8, 4) is 0 Å². The minimum Gasteiger partial charge on any atom is -0.389 e. The van der Waals surface area contributed by atoms with Crippen molar-refractivity contribution in [1.82, 2.24) is 4.90 Å². The second-order valence-electron chi connectivity index (χ2n) is 8.98. The van der Waals surface area contributed by atoms with Crippen LogP contribution >= 0.6 is 0 Å². The lowest BCUT2D eigenvalue weighted by Gasteiger charge is -2.49. The van der Waals surface area contributed by atoms with E-state index in [1.165, 1.54) is 56.9 Å². The second kappa shape index (κ2) is 8.68. The highest BCUT2D eigenvalue weighted by molar-refractivity contribution is 5.17. The molecule has 0 saturated heterocycles. The highest BCUT2D eigenvalue weighted by atomic mass is 16.3. The van der Waals surface area contributed by atoms with E-state index in [2.05, 4.69) is 49.3 Å². The molecule has 3 rings (SSSR count). The summed E-state index contributed by atoms with van der Waals surface area (Å²) in [6.07, 6.45) is 12.5. The van der Waals surface area contributed by atoms with Gasteiger partial charge in [0.2, 0.25) is 0 Å². The summed E-state index contributed by atoms with van der Waals surface area (Å²) in [5, 5.41) is 12.0. The largest absolute Gasteiger partial charge is 0.389 e. The summed E-state index contributed by atoms with van der Waals surface area (Å²) in [5.74, 6) is 1.57. The van der Waals surface area contributed by atoms with Crippen LogP contribution in [0.5, 0.6) is 0 Å². The van der Waals surface area contributed by atoms with Crippen molar-refractivity contribution in [2.24, 2.45) is 17.8 Å². The smallest absolute Gasteiger partial charge is 0.0721 e. The highest BCUT2D eigenvalue weighted by Gasteiger charge is 2.47. The monoisotopic (exact) mass is 343 g/mol. The average molecular weight is 344 g/mol. The van der Waals surface area contributed by atoms with Gasteiger partial charge < -0.3 is 10.0 Å². The Kier molecular flexibility index (Phi) is 6.57.